The Morgan fingerprint density at radius 3 is 1.70 bits per heavy atom. The lowest BCUT2D eigenvalue weighted by atomic mass is 10.1. The van der Waals surface area contributed by atoms with Gasteiger partial charge >= 0.3 is 0 Å². The summed E-state index contributed by atoms with van der Waals surface area (Å²) in [6, 6.07) is 26.4. The molecule has 0 amide bonds. The molecule has 0 bridgehead atoms. The van der Waals surface area contributed by atoms with Gasteiger partial charge in [-0.2, -0.15) is 4.80 Å². The standard InChI is InChI=1S/C20H15N3/c1-2-6-16(7-3-1)10-11-17-12-14-18(15-13-17)23-21-19-8-4-5-9-20(19)22-23/h1-15H. The highest BCUT2D eigenvalue weighted by Crippen LogP contribution is 2.14. The van der Waals surface area contributed by atoms with E-state index in [0.29, 0.717) is 0 Å². The van der Waals surface area contributed by atoms with Crippen molar-refractivity contribution in [3.8, 4) is 5.69 Å². The van der Waals surface area contributed by atoms with Crippen LogP contribution in [0.2, 0.25) is 0 Å². The van der Waals surface area contributed by atoms with Crippen LogP contribution in [0, 0.1) is 0 Å². The molecule has 0 N–H and O–H groups in total. The second-order valence-electron chi connectivity index (χ2n) is 5.31. The third-order valence-corrected chi connectivity index (χ3v) is 3.68. The maximum atomic E-state index is 4.49. The van der Waals surface area contributed by atoms with Crippen molar-refractivity contribution in [1.82, 2.24) is 15.0 Å². The van der Waals surface area contributed by atoms with Crippen molar-refractivity contribution in [3.05, 3.63) is 90.0 Å². The van der Waals surface area contributed by atoms with Gasteiger partial charge < -0.3 is 0 Å². The summed E-state index contributed by atoms with van der Waals surface area (Å²) in [5.74, 6) is 0. The molecule has 1 heterocycles. The largest absolute Gasteiger partial charge is 0.150 e. The Hall–Kier alpha value is -3.20. The third kappa shape index (κ3) is 2.90. The molecular formula is C20H15N3. The van der Waals surface area contributed by atoms with Gasteiger partial charge in [-0.1, -0.05) is 66.7 Å². The number of hydrogen-bond donors (Lipinski definition) is 0. The molecule has 0 saturated carbocycles. The van der Waals surface area contributed by atoms with Crippen LogP contribution >= 0.6 is 0 Å². The Morgan fingerprint density at radius 1 is 0.565 bits per heavy atom. The minimum absolute atomic E-state index is 0.903. The number of aromatic nitrogens is 3. The van der Waals surface area contributed by atoms with Crippen LogP contribution in [0.4, 0.5) is 0 Å². The van der Waals surface area contributed by atoms with E-state index in [0.717, 1.165) is 22.3 Å². The zero-order valence-corrected chi connectivity index (χ0v) is 12.5. The molecule has 0 unspecified atom stereocenters. The number of rotatable bonds is 3. The Morgan fingerprint density at radius 2 is 1.09 bits per heavy atom. The van der Waals surface area contributed by atoms with Crippen molar-refractivity contribution in [2.45, 2.75) is 0 Å². The molecule has 4 rings (SSSR count). The normalized spacial score (nSPS) is 11.3. The molecule has 0 radical (unpaired) electrons. The van der Waals surface area contributed by atoms with Crippen LogP contribution in [-0.2, 0) is 0 Å². The average molecular weight is 297 g/mol. The summed E-state index contributed by atoms with van der Waals surface area (Å²) < 4.78 is 0. The lowest BCUT2D eigenvalue weighted by Gasteiger charge is -2.00. The first-order valence-electron chi connectivity index (χ1n) is 7.54. The third-order valence-electron chi connectivity index (χ3n) is 3.68. The van der Waals surface area contributed by atoms with Crippen LogP contribution in [0.5, 0.6) is 0 Å². The molecule has 0 aliphatic rings. The quantitative estimate of drug-likeness (QED) is 0.518. The summed E-state index contributed by atoms with van der Waals surface area (Å²) in [7, 11) is 0. The van der Waals surface area contributed by atoms with Crippen molar-refractivity contribution in [2.24, 2.45) is 0 Å². The number of fused-ring (bicyclic) bond motifs is 1. The highest BCUT2D eigenvalue weighted by Gasteiger charge is 2.03. The fraction of sp³-hybridized carbons (Fsp3) is 0. The fourth-order valence-corrected chi connectivity index (χ4v) is 2.45. The van der Waals surface area contributed by atoms with Gasteiger partial charge in [0.2, 0.25) is 0 Å². The number of benzene rings is 3. The van der Waals surface area contributed by atoms with Crippen LogP contribution in [0.15, 0.2) is 78.9 Å². The lowest BCUT2D eigenvalue weighted by Crippen LogP contribution is -1.97. The molecule has 3 heteroatoms. The van der Waals surface area contributed by atoms with Gasteiger partial charge in [-0.3, -0.25) is 0 Å². The van der Waals surface area contributed by atoms with Gasteiger partial charge in [-0.15, -0.1) is 10.2 Å². The van der Waals surface area contributed by atoms with E-state index in [1.165, 1.54) is 5.56 Å². The molecule has 0 spiro atoms. The van der Waals surface area contributed by atoms with Crippen molar-refractivity contribution in [3.63, 3.8) is 0 Å². The topological polar surface area (TPSA) is 30.7 Å². The lowest BCUT2D eigenvalue weighted by molar-refractivity contribution is 0.765. The predicted molar refractivity (Wildman–Crippen MR) is 94.2 cm³/mol. The molecular weight excluding hydrogens is 282 g/mol. The van der Waals surface area contributed by atoms with Crippen molar-refractivity contribution in [1.29, 1.82) is 0 Å². The molecule has 110 valence electrons. The molecule has 3 nitrogen and oxygen atoms in total. The molecule has 23 heavy (non-hydrogen) atoms. The molecule has 1 aromatic heterocycles. The highest BCUT2D eigenvalue weighted by molar-refractivity contribution is 5.73. The van der Waals surface area contributed by atoms with Gasteiger partial charge in [0.25, 0.3) is 0 Å². The minimum Gasteiger partial charge on any atom is -0.150 e. The SMILES string of the molecule is C(=Cc1ccc(-n2nc3ccccc3n2)cc1)c1ccccc1. The van der Waals surface area contributed by atoms with Crippen LogP contribution in [0.3, 0.4) is 0 Å². The van der Waals surface area contributed by atoms with Gasteiger partial charge in [0.05, 0.1) is 5.69 Å². The van der Waals surface area contributed by atoms with Gasteiger partial charge in [-0.05, 0) is 35.4 Å². The molecule has 0 fully saturated rings. The van der Waals surface area contributed by atoms with E-state index in [1.807, 2.05) is 54.6 Å². The summed E-state index contributed by atoms with van der Waals surface area (Å²) in [6.45, 7) is 0. The Balaban J connectivity index is 1.59. The Labute approximate surface area is 134 Å². The van der Waals surface area contributed by atoms with Crippen LogP contribution in [0.25, 0.3) is 28.9 Å². The molecule has 0 aliphatic carbocycles. The van der Waals surface area contributed by atoms with E-state index in [-0.39, 0.29) is 0 Å². The first kappa shape index (κ1) is 13.5. The summed E-state index contributed by atoms with van der Waals surface area (Å²) in [6.07, 6.45) is 4.21. The van der Waals surface area contributed by atoms with Gasteiger partial charge in [0, 0.05) is 0 Å². The first-order chi connectivity index (χ1) is 11.4. The maximum absolute atomic E-state index is 4.49. The molecule has 0 saturated heterocycles. The van der Waals surface area contributed by atoms with Gasteiger partial charge in [0.1, 0.15) is 11.0 Å². The van der Waals surface area contributed by atoms with E-state index in [9.17, 15) is 0 Å². The fourth-order valence-electron chi connectivity index (χ4n) is 2.45. The maximum Gasteiger partial charge on any atom is 0.113 e. The summed E-state index contributed by atoms with van der Waals surface area (Å²) in [5, 5.41) is 8.99. The monoisotopic (exact) mass is 297 g/mol. The van der Waals surface area contributed by atoms with Gasteiger partial charge in [0.15, 0.2) is 0 Å². The van der Waals surface area contributed by atoms with E-state index in [4.69, 9.17) is 0 Å². The van der Waals surface area contributed by atoms with Crippen LogP contribution in [-0.4, -0.2) is 15.0 Å². The Bertz CT molecular complexity index is 918. The average Bonchev–Trinajstić information content (AvgIpc) is 3.05. The van der Waals surface area contributed by atoms with E-state index in [2.05, 4.69) is 46.6 Å². The molecule has 0 atom stereocenters. The summed E-state index contributed by atoms with van der Waals surface area (Å²) in [4.78, 5) is 1.68. The van der Waals surface area contributed by atoms with Crippen LogP contribution < -0.4 is 0 Å². The van der Waals surface area contributed by atoms with Crippen molar-refractivity contribution in [2.75, 3.05) is 0 Å². The highest BCUT2D eigenvalue weighted by atomic mass is 15.5. The zero-order chi connectivity index (χ0) is 15.5. The van der Waals surface area contributed by atoms with Crippen LogP contribution in [0.1, 0.15) is 11.1 Å². The molecule has 0 aliphatic heterocycles. The van der Waals surface area contributed by atoms with E-state index < -0.39 is 0 Å². The zero-order valence-electron chi connectivity index (χ0n) is 12.5. The van der Waals surface area contributed by atoms with Gasteiger partial charge in [-0.25, -0.2) is 0 Å². The summed E-state index contributed by atoms with van der Waals surface area (Å²) in [5.41, 5.74) is 5.10. The summed E-state index contributed by atoms with van der Waals surface area (Å²) >= 11 is 0. The number of nitrogens with zero attached hydrogens (tertiary/aromatic N) is 3. The molecule has 4 aromatic rings. The number of hydrogen-bond acceptors (Lipinski definition) is 2. The minimum atomic E-state index is 0.903. The predicted octanol–water partition coefficient (Wildman–Crippen LogP) is 4.59. The van der Waals surface area contributed by atoms with E-state index >= 15 is 0 Å². The Kier molecular flexibility index (Phi) is 3.45. The van der Waals surface area contributed by atoms with Crippen molar-refractivity contribution >= 4 is 23.2 Å². The second-order valence-corrected chi connectivity index (χ2v) is 5.31. The van der Waals surface area contributed by atoms with E-state index in [1.54, 1.807) is 4.80 Å². The van der Waals surface area contributed by atoms with Crippen molar-refractivity contribution < 1.29 is 0 Å². The molecule has 3 aromatic carbocycles. The first-order valence-corrected chi connectivity index (χ1v) is 7.54. The second kappa shape index (κ2) is 5.89. The smallest absolute Gasteiger partial charge is 0.113 e.